The van der Waals surface area contributed by atoms with Crippen LogP contribution in [0, 0.1) is 29.1 Å². The zero-order valence-corrected chi connectivity index (χ0v) is 19.2. The van der Waals surface area contributed by atoms with Crippen LogP contribution in [0.5, 0.6) is 0 Å². The van der Waals surface area contributed by atoms with E-state index in [0.29, 0.717) is 29.3 Å². The number of benzene rings is 1. The Balaban J connectivity index is 1.83. The molecule has 0 bridgehead atoms. The van der Waals surface area contributed by atoms with E-state index in [1.54, 1.807) is 26.0 Å². The van der Waals surface area contributed by atoms with Crippen molar-refractivity contribution < 1.29 is 19.1 Å². The third-order valence-corrected chi connectivity index (χ3v) is 6.74. The average molecular weight is 462 g/mol. The number of thiophene rings is 1. The minimum absolute atomic E-state index is 0.0670. The lowest BCUT2D eigenvalue weighted by molar-refractivity contribution is -0.140. The molecule has 0 radical (unpaired) electrons. The molecule has 1 aromatic heterocycles. The molecule has 8 heteroatoms. The van der Waals surface area contributed by atoms with Crippen molar-refractivity contribution in [2.75, 3.05) is 13.2 Å². The highest BCUT2D eigenvalue weighted by molar-refractivity contribution is 7.17. The molecule has 4 rings (SSSR count). The Morgan fingerprint density at radius 1 is 1.24 bits per heavy atom. The van der Waals surface area contributed by atoms with Gasteiger partial charge in [-0.2, -0.15) is 5.26 Å². The van der Waals surface area contributed by atoms with E-state index < -0.39 is 17.9 Å². The molecule has 1 aliphatic heterocycles. The summed E-state index contributed by atoms with van der Waals surface area (Å²) in [6, 6.07) is 7.58. The Morgan fingerprint density at radius 2 is 2.00 bits per heavy atom. The van der Waals surface area contributed by atoms with Crippen LogP contribution in [-0.4, -0.2) is 25.2 Å². The van der Waals surface area contributed by atoms with Crippen molar-refractivity contribution in [2.24, 2.45) is 11.7 Å². The fraction of sp³-hybridized carbons (Fsp3) is 0.320. The number of rotatable bonds is 6. The number of nitrogens with zero attached hydrogens (tertiary/aromatic N) is 1. The minimum Gasteiger partial charge on any atom is -0.462 e. The fourth-order valence-electron chi connectivity index (χ4n) is 3.86. The van der Waals surface area contributed by atoms with E-state index in [0.717, 1.165) is 22.9 Å². The summed E-state index contributed by atoms with van der Waals surface area (Å²) < 4.78 is 11.7. The quantitative estimate of drug-likeness (QED) is 0.500. The first kappa shape index (κ1) is 22.4. The monoisotopic (exact) mass is 461 g/mol. The number of esters is 2. The van der Waals surface area contributed by atoms with Gasteiger partial charge in [0.15, 0.2) is 6.61 Å². The van der Waals surface area contributed by atoms with Crippen LogP contribution in [0.4, 0.5) is 0 Å². The molecule has 1 atom stereocenters. The SMILES string of the molecule is CC#CCOC(=O)C1=C(C)NC(N)=C(C(=O)OCC2CC2)C1c1csc2c(C#N)cccc12. The summed E-state index contributed by atoms with van der Waals surface area (Å²) in [5.74, 6) is 3.95. The van der Waals surface area contributed by atoms with Crippen molar-refractivity contribution in [2.45, 2.75) is 32.6 Å². The van der Waals surface area contributed by atoms with Gasteiger partial charge in [0.2, 0.25) is 0 Å². The van der Waals surface area contributed by atoms with Gasteiger partial charge in [0.1, 0.15) is 11.9 Å². The van der Waals surface area contributed by atoms with E-state index in [2.05, 4.69) is 23.2 Å². The average Bonchev–Trinajstić information content (AvgIpc) is 3.53. The van der Waals surface area contributed by atoms with Crippen LogP contribution >= 0.6 is 11.3 Å². The van der Waals surface area contributed by atoms with Gasteiger partial charge in [0, 0.05) is 5.70 Å². The van der Waals surface area contributed by atoms with Crippen molar-refractivity contribution in [1.29, 1.82) is 5.26 Å². The highest BCUT2D eigenvalue weighted by Gasteiger charge is 2.40. The molecule has 33 heavy (non-hydrogen) atoms. The smallest absolute Gasteiger partial charge is 0.338 e. The van der Waals surface area contributed by atoms with Crippen LogP contribution in [0.2, 0.25) is 0 Å². The first-order valence-electron chi connectivity index (χ1n) is 10.6. The molecule has 0 amide bonds. The summed E-state index contributed by atoms with van der Waals surface area (Å²) in [5.41, 5.74) is 8.42. The molecule has 0 saturated heterocycles. The van der Waals surface area contributed by atoms with E-state index >= 15 is 0 Å². The second-order valence-electron chi connectivity index (χ2n) is 7.95. The Kier molecular flexibility index (Phi) is 6.39. The highest BCUT2D eigenvalue weighted by atomic mass is 32.1. The van der Waals surface area contributed by atoms with Crippen LogP contribution in [-0.2, 0) is 19.1 Å². The number of carbonyl (C=O) groups is 2. The molecular formula is C25H23N3O4S. The topological polar surface area (TPSA) is 114 Å². The number of nitrogens with one attached hydrogen (secondary N) is 1. The lowest BCUT2D eigenvalue weighted by atomic mass is 9.81. The molecule has 1 unspecified atom stereocenters. The van der Waals surface area contributed by atoms with Crippen LogP contribution in [0.1, 0.15) is 43.7 Å². The number of dihydropyridines is 1. The molecular weight excluding hydrogens is 438 g/mol. The Hall–Kier alpha value is -3.75. The van der Waals surface area contributed by atoms with Crippen molar-refractivity contribution in [3.05, 3.63) is 57.4 Å². The largest absolute Gasteiger partial charge is 0.462 e. The van der Waals surface area contributed by atoms with Gasteiger partial charge in [-0.3, -0.25) is 0 Å². The van der Waals surface area contributed by atoms with Gasteiger partial charge < -0.3 is 20.5 Å². The Labute approximate surface area is 195 Å². The maximum Gasteiger partial charge on any atom is 0.338 e. The van der Waals surface area contributed by atoms with E-state index in [-0.39, 0.29) is 23.6 Å². The summed E-state index contributed by atoms with van der Waals surface area (Å²) in [7, 11) is 0. The molecule has 2 aromatic rings. The van der Waals surface area contributed by atoms with Gasteiger partial charge in [-0.05, 0) is 55.0 Å². The standard InChI is InChI=1S/C25H23N3O4S/c1-3-4-10-31-24(29)19-14(2)28-23(27)21(25(30)32-12-15-8-9-15)20(19)18-13-33-22-16(11-26)6-5-7-17(18)22/h5-7,13,15,20,28H,8-10,12,27H2,1-2H3. The normalized spacial score (nSPS) is 17.7. The van der Waals surface area contributed by atoms with Gasteiger partial charge in [0.25, 0.3) is 0 Å². The number of nitriles is 1. The second kappa shape index (κ2) is 9.40. The van der Waals surface area contributed by atoms with Crippen molar-refractivity contribution in [1.82, 2.24) is 5.32 Å². The first-order valence-corrected chi connectivity index (χ1v) is 11.5. The lowest BCUT2D eigenvalue weighted by Gasteiger charge is -2.29. The van der Waals surface area contributed by atoms with Crippen molar-refractivity contribution in [3.8, 4) is 17.9 Å². The van der Waals surface area contributed by atoms with Gasteiger partial charge in [0.05, 0.1) is 33.9 Å². The van der Waals surface area contributed by atoms with Crippen LogP contribution in [0.3, 0.4) is 0 Å². The summed E-state index contributed by atoms with van der Waals surface area (Å²) in [5, 5.41) is 15.1. The van der Waals surface area contributed by atoms with Gasteiger partial charge in [-0.25, -0.2) is 9.59 Å². The highest BCUT2D eigenvalue weighted by Crippen LogP contribution is 2.44. The number of hydrogen-bond donors (Lipinski definition) is 2. The molecule has 2 heterocycles. The Morgan fingerprint density at radius 3 is 2.70 bits per heavy atom. The van der Waals surface area contributed by atoms with E-state index in [4.69, 9.17) is 15.2 Å². The molecule has 0 spiro atoms. The van der Waals surface area contributed by atoms with Gasteiger partial charge in [-0.1, -0.05) is 18.1 Å². The van der Waals surface area contributed by atoms with Crippen molar-refractivity contribution >= 4 is 33.4 Å². The lowest BCUT2D eigenvalue weighted by Crippen LogP contribution is -2.36. The van der Waals surface area contributed by atoms with E-state index in [1.165, 1.54) is 11.3 Å². The third kappa shape index (κ3) is 4.44. The molecule has 3 N–H and O–H groups in total. The van der Waals surface area contributed by atoms with Crippen LogP contribution in [0.15, 0.2) is 46.2 Å². The number of hydrogen-bond acceptors (Lipinski definition) is 8. The molecule has 1 fully saturated rings. The molecule has 1 aromatic carbocycles. The zero-order valence-electron chi connectivity index (χ0n) is 18.4. The fourth-order valence-corrected chi connectivity index (χ4v) is 4.92. The molecule has 7 nitrogen and oxygen atoms in total. The third-order valence-electron chi connectivity index (χ3n) is 5.69. The predicted molar refractivity (Wildman–Crippen MR) is 124 cm³/mol. The minimum atomic E-state index is -0.803. The summed E-state index contributed by atoms with van der Waals surface area (Å²) in [6.07, 6.45) is 2.06. The maximum absolute atomic E-state index is 13.2. The predicted octanol–water partition coefficient (Wildman–Crippen LogP) is 3.42. The Bertz CT molecular complexity index is 1300. The summed E-state index contributed by atoms with van der Waals surface area (Å²) >= 11 is 1.38. The first-order chi connectivity index (χ1) is 16.0. The molecule has 168 valence electrons. The molecule has 1 saturated carbocycles. The zero-order chi connectivity index (χ0) is 23.5. The summed E-state index contributed by atoms with van der Waals surface area (Å²) in [6.45, 7) is 3.62. The summed E-state index contributed by atoms with van der Waals surface area (Å²) in [4.78, 5) is 26.3. The number of fused-ring (bicyclic) bond motifs is 1. The number of allylic oxidation sites excluding steroid dienone is 1. The molecule has 1 aliphatic carbocycles. The van der Waals surface area contributed by atoms with Gasteiger partial charge in [-0.15, -0.1) is 17.3 Å². The molecule has 2 aliphatic rings. The number of carbonyl (C=O) groups excluding carboxylic acids is 2. The van der Waals surface area contributed by atoms with E-state index in [9.17, 15) is 14.9 Å². The number of ether oxygens (including phenoxy) is 2. The van der Waals surface area contributed by atoms with Gasteiger partial charge >= 0.3 is 11.9 Å². The van der Waals surface area contributed by atoms with Crippen LogP contribution < -0.4 is 11.1 Å². The van der Waals surface area contributed by atoms with E-state index in [1.807, 2.05) is 11.4 Å². The second-order valence-corrected chi connectivity index (χ2v) is 8.83. The maximum atomic E-state index is 13.2. The van der Waals surface area contributed by atoms with Crippen LogP contribution in [0.25, 0.3) is 10.1 Å². The number of nitrogens with two attached hydrogens (primary N) is 1. The van der Waals surface area contributed by atoms with Crippen molar-refractivity contribution in [3.63, 3.8) is 0 Å².